The Bertz CT molecular complexity index is 4200. The maximum absolute atomic E-state index is 6.11. The minimum absolute atomic E-state index is 0.182. The molecule has 0 saturated heterocycles. The first-order valence-electron chi connectivity index (χ1n) is 24.1. The Labute approximate surface area is 409 Å². The highest BCUT2D eigenvalue weighted by Gasteiger charge is 2.28. The summed E-state index contributed by atoms with van der Waals surface area (Å²) in [5.41, 5.74) is 11.8. The second-order valence-corrected chi connectivity index (χ2v) is 20.7. The molecule has 10 aromatic carbocycles. The van der Waals surface area contributed by atoms with Crippen molar-refractivity contribution < 1.29 is 0 Å². The number of aliphatic imine (C=N–C) groups is 1. The molecule has 2 nitrogen and oxygen atoms in total. The second kappa shape index (κ2) is 16.9. The van der Waals surface area contributed by atoms with Crippen LogP contribution in [0.4, 0.5) is 0 Å². The van der Waals surface area contributed by atoms with E-state index < -0.39 is 0 Å². The van der Waals surface area contributed by atoms with Crippen molar-refractivity contribution in [3.05, 3.63) is 229 Å². The van der Waals surface area contributed by atoms with Gasteiger partial charge in [0.05, 0.1) is 33.2 Å². The molecule has 2 unspecified atom stereocenters. The maximum Gasteiger partial charge on any atom is 0.0802 e. The van der Waals surface area contributed by atoms with E-state index >= 15 is 0 Å². The molecular formula is C65H48N2S2. The van der Waals surface area contributed by atoms with Crippen LogP contribution in [0.5, 0.6) is 0 Å². The first-order valence-corrected chi connectivity index (χ1v) is 25.8. The molecule has 69 heavy (non-hydrogen) atoms. The van der Waals surface area contributed by atoms with Crippen LogP contribution < -0.4 is 0 Å². The Balaban J connectivity index is 1.11. The normalized spacial score (nSPS) is 13.6. The summed E-state index contributed by atoms with van der Waals surface area (Å²) in [5, 5.41) is 12.8. The van der Waals surface area contributed by atoms with Crippen molar-refractivity contribution >= 4 is 118 Å². The number of benzene rings is 10. The summed E-state index contributed by atoms with van der Waals surface area (Å²) in [6, 6.07) is 76.1. The first-order chi connectivity index (χ1) is 34.0. The lowest BCUT2D eigenvalue weighted by Crippen LogP contribution is -2.14. The van der Waals surface area contributed by atoms with E-state index in [9.17, 15) is 0 Å². The van der Waals surface area contributed by atoms with Crippen LogP contribution >= 0.6 is 22.7 Å². The highest BCUT2D eigenvalue weighted by atomic mass is 32.1. The van der Waals surface area contributed by atoms with Crippen LogP contribution in [0.1, 0.15) is 49.9 Å². The number of thiophene rings is 2. The van der Waals surface area contributed by atoms with Gasteiger partial charge in [-0.1, -0.05) is 190 Å². The summed E-state index contributed by atoms with van der Waals surface area (Å²) in [4.78, 5) is 6.11. The van der Waals surface area contributed by atoms with Crippen molar-refractivity contribution in [3.63, 3.8) is 0 Å². The van der Waals surface area contributed by atoms with Gasteiger partial charge in [-0.25, -0.2) is 0 Å². The number of hydrogen-bond acceptors (Lipinski definition) is 3. The summed E-state index contributed by atoms with van der Waals surface area (Å²) >= 11 is 3.79. The molecule has 0 bridgehead atoms. The quantitative estimate of drug-likeness (QED) is 0.128. The minimum Gasteiger partial charge on any atom is -0.307 e. The molecule has 330 valence electrons. The molecule has 0 amide bonds. The average Bonchev–Trinajstić information content (AvgIpc) is 4.09. The molecule has 0 aliphatic rings. The summed E-state index contributed by atoms with van der Waals surface area (Å²) in [5.74, 6) is 0.210. The maximum atomic E-state index is 6.11. The van der Waals surface area contributed by atoms with Crippen LogP contribution in [-0.4, -0.2) is 10.3 Å². The summed E-state index contributed by atoms with van der Waals surface area (Å²) in [7, 11) is 0. The van der Waals surface area contributed by atoms with Crippen molar-refractivity contribution in [2.45, 2.75) is 33.2 Å². The third-order valence-electron chi connectivity index (χ3n) is 14.5. The van der Waals surface area contributed by atoms with Crippen molar-refractivity contribution in [2.75, 3.05) is 0 Å². The van der Waals surface area contributed by atoms with Crippen LogP contribution in [0, 0.1) is 5.92 Å². The van der Waals surface area contributed by atoms with Gasteiger partial charge in [0.1, 0.15) is 0 Å². The van der Waals surface area contributed by atoms with Crippen LogP contribution in [0.15, 0.2) is 217 Å². The van der Waals surface area contributed by atoms with Gasteiger partial charge >= 0.3 is 0 Å². The second-order valence-electron chi connectivity index (χ2n) is 18.6. The first kappa shape index (κ1) is 41.5. The molecule has 0 N–H and O–H groups in total. The third-order valence-corrected chi connectivity index (χ3v) is 16.9. The highest BCUT2D eigenvalue weighted by Crippen LogP contribution is 2.48. The zero-order valence-corrected chi connectivity index (χ0v) is 40.4. The molecular weight excluding hydrogens is 873 g/mol. The van der Waals surface area contributed by atoms with Gasteiger partial charge in [0.2, 0.25) is 0 Å². The van der Waals surface area contributed by atoms with Crippen molar-refractivity contribution in [1.29, 1.82) is 0 Å². The lowest BCUT2D eigenvalue weighted by atomic mass is 9.89. The molecule has 13 aromatic rings. The summed E-state index contributed by atoms with van der Waals surface area (Å²) in [6.45, 7) is 6.99. The number of para-hydroxylation sites is 1. The molecule has 4 heteroatoms. The number of aromatic nitrogens is 1. The minimum atomic E-state index is -0.182. The molecule has 0 fully saturated rings. The average molecular weight is 921 g/mol. The van der Waals surface area contributed by atoms with Crippen molar-refractivity contribution in [2.24, 2.45) is 10.9 Å². The van der Waals surface area contributed by atoms with Gasteiger partial charge in [0.15, 0.2) is 0 Å². The van der Waals surface area contributed by atoms with Gasteiger partial charge in [0.25, 0.3) is 0 Å². The Morgan fingerprint density at radius 2 is 1.19 bits per heavy atom. The Kier molecular flexibility index (Phi) is 10.1. The SMILES string of the molecule is CCC(C)C(N=C(/C=C(\C)c1cccc2sc3ccccc3c12)c1ccc(-c2ccccc2)cc1)c1ccc2c(sc3ccc4ccccc4c32)c1-n1c2ccccc2c2cc3ccccc3cc21. The van der Waals surface area contributed by atoms with Crippen LogP contribution in [0.3, 0.4) is 0 Å². The lowest BCUT2D eigenvalue weighted by Gasteiger charge is -2.25. The Hall–Kier alpha value is -7.63. The van der Waals surface area contributed by atoms with Crippen LogP contribution in [0.25, 0.3) is 106 Å². The topological polar surface area (TPSA) is 17.3 Å². The zero-order valence-electron chi connectivity index (χ0n) is 38.8. The molecule has 0 saturated carbocycles. The van der Waals surface area contributed by atoms with E-state index in [1.807, 2.05) is 22.7 Å². The summed E-state index contributed by atoms with van der Waals surface area (Å²) < 4.78 is 7.79. The number of nitrogens with zero attached hydrogens (tertiary/aromatic N) is 2. The fraction of sp³-hybridized carbons (Fsp3) is 0.0923. The number of hydrogen-bond donors (Lipinski definition) is 0. The van der Waals surface area contributed by atoms with Gasteiger partial charge in [-0.15, -0.1) is 22.7 Å². The van der Waals surface area contributed by atoms with Gasteiger partial charge in [0, 0.05) is 52.0 Å². The predicted molar refractivity (Wildman–Crippen MR) is 302 cm³/mol. The van der Waals surface area contributed by atoms with Crippen molar-refractivity contribution in [1.82, 2.24) is 4.57 Å². The lowest BCUT2D eigenvalue weighted by molar-refractivity contribution is 0.459. The number of allylic oxidation sites excluding steroid dienone is 2. The van der Waals surface area contributed by atoms with E-state index in [2.05, 4.69) is 238 Å². The van der Waals surface area contributed by atoms with Gasteiger partial charge in [-0.05, 0) is 105 Å². The Morgan fingerprint density at radius 1 is 0.522 bits per heavy atom. The molecule has 0 radical (unpaired) electrons. The van der Waals surface area contributed by atoms with E-state index in [0.717, 1.165) is 17.7 Å². The molecule has 0 spiro atoms. The highest BCUT2D eigenvalue weighted by molar-refractivity contribution is 7.26. The largest absolute Gasteiger partial charge is 0.307 e. The predicted octanol–water partition coefficient (Wildman–Crippen LogP) is 19.2. The number of fused-ring (bicyclic) bond motifs is 12. The molecule has 3 heterocycles. The van der Waals surface area contributed by atoms with E-state index in [1.165, 1.54) is 117 Å². The van der Waals surface area contributed by atoms with Gasteiger partial charge < -0.3 is 4.57 Å². The van der Waals surface area contributed by atoms with Gasteiger partial charge in [-0.3, -0.25) is 4.99 Å². The smallest absolute Gasteiger partial charge is 0.0802 e. The fourth-order valence-corrected chi connectivity index (χ4v) is 13.3. The van der Waals surface area contributed by atoms with Gasteiger partial charge in [-0.2, -0.15) is 0 Å². The Morgan fingerprint density at radius 3 is 2.00 bits per heavy atom. The van der Waals surface area contributed by atoms with E-state index in [0.29, 0.717) is 0 Å². The van der Waals surface area contributed by atoms with E-state index in [-0.39, 0.29) is 12.0 Å². The standard InChI is InChI=1S/C65H48N2S2/c1-4-40(2)63(66-55(45-31-29-43(30-32-45)42-17-6-5-7-18-42)37-41(3)48-25-16-28-59-61(48)51-24-13-15-27-58(51)68-59)53-35-34-52-62-49-22-11-10-19-44(49)33-36-60(62)69-65(52)64(53)67-56-26-14-12-23-50(56)54-38-46-20-8-9-21-47(46)39-57(54)67/h5-40,63H,4H2,1-3H3/b41-37+,66-55?. The van der Waals surface area contributed by atoms with E-state index in [1.54, 1.807) is 0 Å². The van der Waals surface area contributed by atoms with Crippen LogP contribution in [-0.2, 0) is 0 Å². The molecule has 0 aliphatic heterocycles. The fourth-order valence-electron chi connectivity index (χ4n) is 10.9. The monoisotopic (exact) mass is 920 g/mol. The van der Waals surface area contributed by atoms with Crippen LogP contribution in [0.2, 0.25) is 0 Å². The third kappa shape index (κ3) is 6.92. The zero-order chi connectivity index (χ0) is 46.2. The molecule has 0 aliphatic carbocycles. The van der Waals surface area contributed by atoms with Crippen molar-refractivity contribution in [3.8, 4) is 16.8 Å². The summed E-state index contributed by atoms with van der Waals surface area (Å²) in [6.07, 6.45) is 3.33. The molecule has 2 atom stereocenters. The number of rotatable bonds is 9. The molecule has 13 rings (SSSR count). The molecule has 3 aromatic heterocycles. The van der Waals surface area contributed by atoms with E-state index in [4.69, 9.17) is 4.99 Å².